The van der Waals surface area contributed by atoms with Gasteiger partial charge in [-0.3, -0.25) is 0 Å². The first-order valence-electron chi connectivity index (χ1n) is 14.1. The van der Waals surface area contributed by atoms with Gasteiger partial charge in [0.2, 0.25) is 0 Å². The molecule has 1 fully saturated rings. The van der Waals surface area contributed by atoms with Gasteiger partial charge < -0.3 is 40.0 Å². The Kier molecular flexibility index (Phi) is 14.9. The topological polar surface area (TPSA) is 138 Å². The van der Waals surface area contributed by atoms with Crippen LogP contribution in [0.1, 0.15) is 32.1 Å². The maximum Gasteiger partial charge on any atom is 0.460 e. The van der Waals surface area contributed by atoms with E-state index in [0.717, 1.165) is 0 Å². The third-order valence-corrected chi connectivity index (χ3v) is 7.27. The normalized spacial score (nSPS) is 23.5. The summed E-state index contributed by atoms with van der Waals surface area (Å²) in [4.78, 5) is 11.6. The van der Waals surface area contributed by atoms with E-state index < -0.39 is 116 Å². The lowest BCUT2D eigenvalue weighted by Crippen LogP contribution is -2.75. The average molecular weight is 819 g/mol. The van der Waals surface area contributed by atoms with Gasteiger partial charge in [-0.15, -0.1) is 0 Å². The Morgan fingerprint density at radius 1 is 0.577 bits per heavy atom. The highest BCUT2D eigenvalue weighted by Gasteiger charge is 2.96. The first-order chi connectivity index (χ1) is 23.2. The number of unbranched alkanes of at least 4 members (excludes halogenated alkanes) is 2. The summed E-state index contributed by atoms with van der Waals surface area (Å²) in [7, 11) is 0. The number of halogens is 19. The fourth-order valence-corrected chi connectivity index (χ4v) is 4.06. The Balaban J connectivity index is 2.73. The number of amides is 1. The number of rotatable bonds is 19. The van der Waals surface area contributed by atoms with Crippen LogP contribution in [-0.2, 0) is 14.2 Å². The molecule has 0 radical (unpaired) electrons. The van der Waals surface area contributed by atoms with E-state index in [-0.39, 0.29) is 32.4 Å². The zero-order valence-corrected chi connectivity index (χ0v) is 25.4. The summed E-state index contributed by atoms with van der Waals surface area (Å²) in [6.07, 6.45) is -21.3. The summed E-state index contributed by atoms with van der Waals surface area (Å²) in [6, 6.07) is 0. The molecule has 0 aromatic heterocycles. The van der Waals surface area contributed by atoms with E-state index in [2.05, 4.69) is 4.74 Å². The van der Waals surface area contributed by atoms with Gasteiger partial charge >= 0.3 is 59.6 Å². The van der Waals surface area contributed by atoms with Crippen LogP contribution in [0, 0.1) is 0 Å². The molecule has 0 bridgehead atoms. The highest BCUT2D eigenvalue weighted by atomic mass is 19.4. The number of alkyl halides is 19. The molecular formula is C24H28F19NO8. The summed E-state index contributed by atoms with van der Waals surface area (Å²) in [5.74, 6) is -67.2. The standard InChI is InChI=1S/C24H28F19NO8/c25-16(26,5-4-8-51-15(49)44-6-2-1-3-7-50-14-13(48)12(47)11(46)10(9-45)52-14)17(27,28)18(29,30)19(31,32)20(33,34)21(35,36)22(37,38)23(39,40)24(41,42)43/h10-14,45-48H,1-9H2,(H,44,49)/t10-,11-,12+,13+,14+/m1/s1. The number of nitrogens with one attached hydrogen (secondary N) is 1. The molecule has 5 atom stereocenters. The molecule has 1 amide bonds. The van der Waals surface area contributed by atoms with Crippen LogP contribution in [0.15, 0.2) is 0 Å². The first-order valence-corrected chi connectivity index (χ1v) is 14.1. The Morgan fingerprint density at radius 2 is 1.04 bits per heavy atom. The quantitative estimate of drug-likeness (QED) is 0.0896. The molecule has 0 aromatic carbocycles. The van der Waals surface area contributed by atoms with Crippen LogP contribution in [0.2, 0.25) is 0 Å². The van der Waals surface area contributed by atoms with E-state index in [9.17, 15) is 104 Å². The monoisotopic (exact) mass is 819 g/mol. The van der Waals surface area contributed by atoms with Crippen molar-refractivity contribution in [3.05, 3.63) is 0 Å². The van der Waals surface area contributed by atoms with Crippen molar-refractivity contribution in [3.8, 4) is 0 Å². The van der Waals surface area contributed by atoms with Gasteiger partial charge in [0, 0.05) is 19.6 Å². The fourth-order valence-electron chi connectivity index (χ4n) is 4.06. The van der Waals surface area contributed by atoms with Crippen molar-refractivity contribution >= 4 is 6.09 Å². The van der Waals surface area contributed by atoms with Gasteiger partial charge in [-0.05, 0) is 25.7 Å². The van der Waals surface area contributed by atoms with Gasteiger partial charge in [0.05, 0.1) is 13.2 Å². The molecule has 0 aliphatic carbocycles. The van der Waals surface area contributed by atoms with Crippen molar-refractivity contribution in [2.24, 2.45) is 0 Å². The lowest BCUT2D eigenvalue weighted by Gasteiger charge is -2.43. The van der Waals surface area contributed by atoms with E-state index in [1.165, 1.54) is 0 Å². The number of hydrogen-bond acceptors (Lipinski definition) is 8. The fraction of sp³-hybridized carbons (Fsp3) is 0.958. The first kappa shape index (κ1) is 47.7. The molecule has 1 rings (SSSR count). The predicted octanol–water partition coefficient (Wildman–Crippen LogP) is 5.12. The number of aliphatic hydroxyl groups excluding tert-OH is 4. The van der Waals surface area contributed by atoms with Gasteiger partial charge in [-0.2, -0.15) is 83.4 Å². The van der Waals surface area contributed by atoms with Crippen molar-refractivity contribution in [1.29, 1.82) is 0 Å². The molecular weight excluding hydrogens is 791 g/mol. The lowest BCUT2D eigenvalue weighted by molar-refractivity contribution is -0.468. The molecule has 1 heterocycles. The molecule has 5 N–H and O–H groups in total. The van der Waals surface area contributed by atoms with Crippen LogP contribution in [0.25, 0.3) is 0 Å². The van der Waals surface area contributed by atoms with Crippen LogP contribution in [0.3, 0.4) is 0 Å². The van der Waals surface area contributed by atoms with Crippen molar-refractivity contribution in [1.82, 2.24) is 5.32 Å². The zero-order chi connectivity index (χ0) is 41.2. The minimum Gasteiger partial charge on any atom is -0.450 e. The molecule has 0 aromatic rings. The molecule has 1 saturated heterocycles. The third-order valence-electron chi connectivity index (χ3n) is 7.27. The van der Waals surface area contributed by atoms with Crippen LogP contribution in [-0.4, -0.2) is 137 Å². The second-order valence-corrected chi connectivity index (χ2v) is 11.0. The maximum absolute atomic E-state index is 13.9. The molecule has 0 spiro atoms. The van der Waals surface area contributed by atoms with Gasteiger partial charge in [-0.25, -0.2) is 4.79 Å². The molecule has 0 saturated carbocycles. The number of carbonyl (C=O) groups is 1. The Morgan fingerprint density at radius 3 is 1.50 bits per heavy atom. The van der Waals surface area contributed by atoms with Crippen LogP contribution >= 0.6 is 0 Å². The maximum atomic E-state index is 13.9. The minimum atomic E-state index is -9.00. The van der Waals surface area contributed by atoms with Gasteiger partial charge in [-0.1, -0.05) is 0 Å². The molecule has 9 nitrogen and oxygen atoms in total. The largest absolute Gasteiger partial charge is 0.460 e. The minimum absolute atomic E-state index is 0.0875. The molecule has 0 unspecified atom stereocenters. The summed E-state index contributed by atoms with van der Waals surface area (Å²) >= 11 is 0. The summed E-state index contributed by atoms with van der Waals surface area (Å²) in [6.45, 7) is -2.61. The number of ether oxygens (including phenoxy) is 3. The average Bonchev–Trinajstić information content (AvgIpc) is 3.01. The van der Waals surface area contributed by atoms with E-state index in [1.54, 1.807) is 0 Å². The number of carbonyl (C=O) groups excluding carboxylic acids is 1. The summed E-state index contributed by atoms with van der Waals surface area (Å²) < 4.78 is 268. The van der Waals surface area contributed by atoms with Gasteiger partial charge in [0.25, 0.3) is 0 Å². The van der Waals surface area contributed by atoms with Crippen LogP contribution < -0.4 is 5.32 Å². The third kappa shape index (κ3) is 8.64. The number of aliphatic hydroxyl groups is 4. The van der Waals surface area contributed by atoms with Crippen molar-refractivity contribution in [3.63, 3.8) is 0 Å². The predicted molar refractivity (Wildman–Crippen MR) is 128 cm³/mol. The number of hydrogen-bond donors (Lipinski definition) is 5. The highest BCUT2D eigenvalue weighted by Crippen LogP contribution is 2.65. The zero-order valence-electron chi connectivity index (χ0n) is 25.4. The Bertz CT molecular complexity index is 1170. The molecule has 1 aliphatic rings. The van der Waals surface area contributed by atoms with Gasteiger partial charge in [0.15, 0.2) is 6.29 Å². The molecule has 28 heteroatoms. The van der Waals surface area contributed by atoms with Crippen molar-refractivity contribution in [2.45, 2.75) is 116 Å². The second kappa shape index (κ2) is 16.2. The Labute approximate surface area is 278 Å². The van der Waals surface area contributed by atoms with Crippen molar-refractivity contribution in [2.75, 3.05) is 26.4 Å². The van der Waals surface area contributed by atoms with Crippen molar-refractivity contribution < 1.29 is 123 Å². The molecule has 310 valence electrons. The molecule has 52 heavy (non-hydrogen) atoms. The van der Waals surface area contributed by atoms with E-state index >= 15 is 0 Å². The van der Waals surface area contributed by atoms with E-state index in [4.69, 9.17) is 14.6 Å². The summed E-state index contributed by atoms with van der Waals surface area (Å²) in [5, 5.41) is 40.2. The van der Waals surface area contributed by atoms with Crippen LogP contribution in [0.4, 0.5) is 88.2 Å². The molecule has 1 aliphatic heterocycles. The highest BCUT2D eigenvalue weighted by molar-refractivity contribution is 5.66. The lowest BCUT2D eigenvalue weighted by atomic mass is 9.86. The summed E-state index contributed by atoms with van der Waals surface area (Å²) in [5.41, 5.74) is 0. The van der Waals surface area contributed by atoms with E-state index in [0.29, 0.717) is 0 Å². The SMILES string of the molecule is O=C(NCCCCCO[C@H]1O[C@H](CO)[C@@H](O)[C@H](O)[C@@H]1O)OCCCC(F)(F)C(F)(F)C(F)(F)C(F)(F)C(F)(F)C(F)(F)C(F)(F)C(F)(F)C(F)(F)F. The van der Waals surface area contributed by atoms with Crippen LogP contribution in [0.5, 0.6) is 0 Å². The Hall–Kier alpha value is -2.30. The van der Waals surface area contributed by atoms with E-state index in [1.807, 2.05) is 5.32 Å². The number of alkyl carbamates (subject to hydrolysis) is 1. The van der Waals surface area contributed by atoms with Gasteiger partial charge in [0.1, 0.15) is 24.4 Å². The second-order valence-electron chi connectivity index (χ2n) is 11.0. The smallest absolute Gasteiger partial charge is 0.450 e.